The van der Waals surface area contributed by atoms with Crippen molar-refractivity contribution >= 4 is 5.96 Å². The number of rotatable bonds is 5. The van der Waals surface area contributed by atoms with Gasteiger partial charge in [-0.15, -0.1) is 0 Å². The van der Waals surface area contributed by atoms with Crippen LogP contribution >= 0.6 is 0 Å². The largest absolute Gasteiger partial charge is 0.466 e. The van der Waals surface area contributed by atoms with Gasteiger partial charge in [0.15, 0.2) is 5.96 Å². The van der Waals surface area contributed by atoms with Crippen molar-refractivity contribution in [3.63, 3.8) is 0 Å². The third kappa shape index (κ3) is 5.34. The average Bonchev–Trinajstić information content (AvgIpc) is 3.27. The van der Waals surface area contributed by atoms with Crippen LogP contribution in [-0.4, -0.2) is 48.8 Å². The van der Waals surface area contributed by atoms with Crippen LogP contribution in [0.25, 0.3) is 0 Å². The van der Waals surface area contributed by atoms with Crippen molar-refractivity contribution < 1.29 is 27.4 Å². The SMILES string of the molecule is CCNC(=NCC(C)(O)c1ccco1)N1CCOC(c2cccc(C(F)(F)F)c2)C1. The fraction of sp³-hybridized carbons (Fsp3) is 0.476. The average molecular weight is 425 g/mol. The molecule has 0 bridgehead atoms. The number of nitrogens with one attached hydrogen (secondary N) is 1. The molecule has 0 amide bonds. The maximum absolute atomic E-state index is 13.1. The van der Waals surface area contributed by atoms with Gasteiger partial charge in [-0.05, 0) is 43.7 Å². The molecule has 1 aliphatic heterocycles. The molecule has 1 saturated heterocycles. The minimum atomic E-state index is -4.40. The maximum atomic E-state index is 13.1. The van der Waals surface area contributed by atoms with Gasteiger partial charge in [0.2, 0.25) is 0 Å². The van der Waals surface area contributed by atoms with Crippen molar-refractivity contribution in [2.45, 2.75) is 31.7 Å². The van der Waals surface area contributed by atoms with E-state index >= 15 is 0 Å². The first-order valence-corrected chi connectivity index (χ1v) is 9.79. The Kier molecular flexibility index (Phi) is 6.72. The number of guanidine groups is 1. The molecular formula is C21H26F3N3O3. The zero-order valence-corrected chi connectivity index (χ0v) is 16.9. The fourth-order valence-corrected chi connectivity index (χ4v) is 3.28. The van der Waals surface area contributed by atoms with Gasteiger partial charge in [-0.2, -0.15) is 13.2 Å². The van der Waals surface area contributed by atoms with Crippen LogP contribution in [0, 0.1) is 0 Å². The molecular weight excluding hydrogens is 399 g/mol. The van der Waals surface area contributed by atoms with E-state index in [1.54, 1.807) is 25.1 Å². The van der Waals surface area contributed by atoms with Gasteiger partial charge in [0.05, 0.1) is 31.5 Å². The molecule has 0 spiro atoms. The zero-order valence-electron chi connectivity index (χ0n) is 16.9. The first-order chi connectivity index (χ1) is 14.2. The molecule has 0 aliphatic carbocycles. The van der Waals surface area contributed by atoms with E-state index in [0.717, 1.165) is 12.1 Å². The normalized spacial score (nSPS) is 20.1. The molecule has 1 fully saturated rings. The Hall–Kier alpha value is -2.52. The number of hydrogen-bond donors (Lipinski definition) is 2. The van der Waals surface area contributed by atoms with Crippen LogP contribution in [0.15, 0.2) is 52.1 Å². The molecule has 2 atom stereocenters. The summed E-state index contributed by atoms with van der Waals surface area (Å²) in [6, 6.07) is 8.57. The van der Waals surface area contributed by atoms with Crippen LogP contribution in [-0.2, 0) is 16.5 Å². The minimum absolute atomic E-state index is 0.0639. The molecule has 0 radical (unpaired) electrons. The van der Waals surface area contributed by atoms with Gasteiger partial charge in [-0.1, -0.05) is 12.1 Å². The van der Waals surface area contributed by atoms with E-state index in [2.05, 4.69) is 10.3 Å². The number of ether oxygens (including phenoxy) is 1. The first-order valence-electron chi connectivity index (χ1n) is 9.79. The number of aliphatic imine (C=N–C) groups is 1. The highest BCUT2D eigenvalue weighted by Crippen LogP contribution is 2.32. The van der Waals surface area contributed by atoms with Crippen molar-refractivity contribution in [3.8, 4) is 0 Å². The van der Waals surface area contributed by atoms with Crippen molar-refractivity contribution in [3.05, 3.63) is 59.5 Å². The molecule has 2 aromatic rings. The van der Waals surface area contributed by atoms with E-state index in [-0.39, 0.29) is 6.54 Å². The monoisotopic (exact) mass is 425 g/mol. The Balaban J connectivity index is 1.76. The predicted molar refractivity (Wildman–Crippen MR) is 106 cm³/mol. The van der Waals surface area contributed by atoms with Gasteiger partial charge in [-0.3, -0.25) is 0 Å². The summed E-state index contributed by atoms with van der Waals surface area (Å²) in [5, 5.41) is 13.8. The lowest BCUT2D eigenvalue weighted by Gasteiger charge is -2.35. The number of alkyl halides is 3. The first kappa shape index (κ1) is 22.2. The van der Waals surface area contributed by atoms with Gasteiger partial charge < -0.3 is 24.5 Å². The fourth-order valence-electron chi connectivity index (χ4n) is 3.28. The molecule has 0 saturated carbocycles. The highest BCUT2D eigenvalue weighted by Gasteiger charge is 2.32. The second-order valence-electron chi connectivity index (χ2n) is 7.35. The van der Waals surface area contributed by atoms with Crippen molar-refractivity contribution in [2.75, 3.05) is 32.8 Å². The number of morpholine rings is 1. The number of aliphatic hydroxyl groups is 1. The predicted octanol–water partition coefficient (Wildman–Crippen LogP) is 3.54. The molecule has 1 aromatic heterocycles. The standard InChI is InChI=1S/C21H26F3N3O3/c1-3-25-19(26-14-20(2,28)18-8-5-10-30-18)27-9-11-29-17(13-27)15-6-4-7-16(12-15)21(22,23)24/h4-8,10,12,17,28H,3,9,11,13-14H2,1-2H3,(H,25,26). The number of furan rings is 1. The van der Waals surface area contributed by atoms with E-state index in [1.807, 2.05) is 11.8 Å². The van der Waals surface area contributed by atoms with Crippen molar-refractivity contribution in [1.29, 1.82) is 0 Å². The lowest BCUT2D eigenvalue weighted by molar-refractivity contribution is -0.137. The summed E-state index contributed by atoms with van der Waals surface area (Å²) in [4.78, 5) is 6.46. The van der Waals surface area contributed by atoms with Crippen LogP contribution in [0.1, 0.15) is 36.8 Å². The molecule has 164 valence electrons. The third-order valence-corrected chi connectivity index (χ3v) is 4.88. The van der Waals surface area contributed by atoms with E-state index in [9.17, 15) is 18.3 Å². The Morgan fingerprint density at radius 1 is 1.30 bits per heavy atom. The molecule has 1 aromatic carbocycles. The maximum Gasteiger partial charge on any atom is 0.416 e. The number of nitrogens with zero attached hydrogens (tertiary/aromatic N) is 2. The molecule has 1 aliphatic rings. The van der Waals surface area contributed by atoms with E-state index in [1.165, 1.54) is 12.3 Å². The van der Waals surface area contributed by atoms with Crippen molar-refractivity contribution in [2.24, 2.45) is 4.99 Å². The summed E-state index contributed by atoms with van der Waals surface area (Å²) in [6.45, 7) is 5.43. The van der Waals surface area contributed by atoms with Crippen LogP contribution in [0.2, 0.25) is 0 Å². The summed E-state index contributed by atoms with van der Waals surface area (Å²) < 4.78 is 50.2. The Bertz CT molecular complexity index is 851. The summed E-state index contributed by atoms with van der Waals surface area (Å²) in [7, 11) is 0. The van der Waals surface area contributed by atoms with Gasteiger partial charge in [0.1, 0.15) is 17.5 Å². The molecule has 30 heavy (non-hydrogen) atoms. The Morgan fingerprint density at radius 3 is 2.77 bits per heavy atom. The molecule has 2 heterocycles. The molecule has 2 unspecified atom stereocenters. The highest BCUT2D eigenvalue weighted by molar-refractivity contribution is 5.80. The lowest BCUT2D eigenvalue weighted by Crippen LogP contribution is -2.48. The summed E-state index contributed by atoms with van der Waals surface area (Å²) >= 11 is 0. The van der Waals surface area contributed by atoms with Crippen LogP contribution in [0.4, 0.5) is 13.2 Å². The molecule has 9 heteroatoms. The zero-order chi connectivity index (χ0) is 21.8. The molecule has 2 N–H and O–H groups in total. The van der Waals surface area contributed by atoms with Gasteiger partial charge in [0, 0.05) is 13.1 Å². The second kappa shape index (κ2) is 9.09. The van der Waals surface area contributed by atoms with Crippen LogP contribution in [0.5, 0.6) is 0 Å². The minimum Gasteiger partial charge on any atom is -0.466 e. The highest BCUT2D eigenvalue weighted by atomic mass is 19.4. The lowest BCUT2D eigenvalue weighted by atomic mass is 10.0. The topological polar surface area (TPSA) is 70.2 Å². The van der Waals surface area contributed by atoms with Gasteiger partial charge >= 0.3 is 6.18 Å². The Morgan fingerprint density at radius 2 is 2.10 bits per heavy atom. The van der Waals surface area contributed by atoms with Gasteiger partial charge in [-0.25, -0.2) is 4.99 Å². The second-order valence-corrected chi connectivity index (χ2v) is 7.35. The van der Waals surface area contributed by atoms with Crippen LogP contribution in [0.3, 0.4) is 0 Å². The van der Waals surface area contributed by atoms with E-state index < -0.39 is 23.4 Å². The molecule has 3 rings (SSSR count). The molecule has 6 nitrogen and oxygen atoms in total. The Labute approximate surface area is 173 Å². The number of benzene rings is 1. The third-order valence-electron chi connectivity index (χ3n) is 4.88. The van der Waals surface area contributed by atoms with Gasteiger partial charge in [0.25, 0.3) is 0 Å². The summed E-state index contributed by atoms with van der Waals surface area (Å²) in [6.07, 6.45) is -3.44. The van der Waals surface area contributed by atoms with Crippen molar-refractivity contribution in [1.82, 2.24) is 10.2 Å². The smallest absolute Gasteiger partial charge is 0.416 e. The number of hydrogen-bond acceptors (Lipinski definition) is 4. The number of halogens is 3. The summed E-state index contributed by atoms with van der Waals surface area (Å²) in [5.41, 5.74) is -1.51. The summed E-state index contributed by atoms with van der Waals surface area (Å²) in [5.74, 6) is 0.968. The quantitative estimate of drug-likeness (QED) is 0.567. The van der Waals surface area contributed by atoms with Crippen LogP contribution < -0.4 is 5.32 Å². The van der Waals surface area contributed by atoms with E-state index in [4.69, 9.17) is 9.15 Å². The van der Waals surface area contributed by atoms with E-state index in [0.29, 0.717) is 43.5 Å².